The highest BCUT2D eigenvalue weighted by Crippen LogP contribution is 2.40. The van der Waals surface area contributed by atoms with Crippen LogP contribution in [0.5, 0.6) is 0 Å². The molecule has 1 atom stereocenters. The first-order chi connectivity index (χ1) is 14.1. The average Bonchev–Trinajstić information content (AvgIpc) is 2.99. The molecule has 144 valence electrons. The lowest BCUT2D eigenvalue weighted by Crippen LogP contribution is -2.29. The fourth-order valence-electron chi connectivity index (χ4n) is 3.50. The number of aliphatic hydroxyl groups is 1. The van der Waals surface area contributed by atoms with E-state index in [4.69, 9.17) is 11.6 Å². The van der Waals surface area contributed by atoms with Gasteiger partial charge in [-0.1, -0.05) is 60.1 Å². The molecule has 6 heteroatoms. The first-order valence-electron chi connectivity index (χ1n) is 9.04. The standard InChI is InChI=1S/C23H17ClN2O3/c24-18-10-4-9-17(12-18)21(27)19-20(16-7-2-1-3-8-16)26(23(29)22(19)28)14-15-6-5-11-25-13-15/h1-13,20,27H,14H2/b21-19-. The molecular formula is C23H17ClN2O3. The predicted octanol–water partition coefficient (Wildman–Crippen LogP) is 4.36. The number of pyridine rings is 1. The van der Waals surface area contributed by atoms with E-state index in [0.29, 0.717) is 10.6 Å². The van der Waals surface area contributed by atoms with E-state index in [0.717, 1.165) is 11.1 Å². The quantitative estimate of drug-likeness (QED) is 0.398. The molecule has 0 aliphatic carbocycles. The van der Waals surface area contributed by atoms with Crippen LogP contribution in [0.15, 0.2) is 84.7 Å². The van der Waals surface area contributed by atoms with Gasteiger partial charge in [-0.3, -0.25) is 14.6 Å². The average molecular weight is 405 g/mol. The van der Waals surface area contributed by atoms with Crippen LogP contribution in [-0.4, -0.2) is 26.7 Å². The molecule has 1 aliphatic heterocycles. The molecule has 1 fully saturated rings. The van der Waals surface area contributed by atoms with Crippen LogP contribution in [0.3, 0.4) is 0 Å². The molecule has 1 aliphatic rings. The number of benzene rings is 2. The molecule has 5 nitrogen and oxygen atoms in total. The number of hydrogen-bond acceptors (Lipinski definition) is 4. The maximum absolute atomic E-state index is 12.9. The van der Waals surface area contributed by atoms with Gasteiger partial charge in [-0.25, -0.2) is 0 Å². The van der Waals surface area contributed by atoms with Crippen LogP contribution in [-0.2, 0) is 16.1 Å². The smallest absolute Gasteiger partial charge is 0.295 e. The van der Waals surface area contributed by atoms with E-state index < -0.39 is 17.7 Å². The van der Waals surface area contributed by atoms with Crippen LogP contribution in [0.4, 0.5) is 0 Å². The second-order valence-corrected chi connectivity index (χ2v) is 7.15. The summed E-state index contributed by atoms with van der Waals surface area (Å²) in [6.07, 6.45) is 3.30. The van der Waals surface area contributed by atoms with Gasteiger partial charge in [0.2, 0.25) is 0 Å². The van der Waals surface area contributed by atoms with Gasteiger partial charge in [0.25, 0.3) is 11.7 Å². The largest absolute Gasteiger partial charge is 0.507 e. The maximum atomic E-state index is 12.9. The number of amides is 1. The minimum absolute atomic E-state index is 0.0485. The zero-order valence-electron chi connectivity index (χ0n) is 15.3. The van der Waals surface area contributed by atoms with Gasteiger partial charge in [0, 0.05) is 29.5 Å². The van der Waals surface area contributed by atoms with E-state index in [9.17, 15) is 14.7 Å². The summed E-state index contributed by atoms with van der Waals surface area (Å²) in [4.78, 5) is 31.4. The van der Waals surface area contributed by atoms with Crippen molar-refractivity contribution in [2.75, 3.05) is 0 Å². The summed E-state index contributed by atoms with van der Waals surface area (Å²) in [7, 11) is 0. The second-order valence-electron chi connectivity index (χ2n) is 6.71. The van der Waals surface area contributed by atoms with Gasteiger partial charge in [-0.05, 0) is 29.3 Å². The Bertz CT molecular complexity index is 1100. The molecule has 0 spiro atoms. The second kappa shape index (κ2) is 7.89. The number of carbonyl (C=O) groups is 2. The summed E-state index contributed by atoms with van der Waals surface area (Å²) >= 11 is 6.05. The van der Waals surface area contributed by atoms with E-state index in [1.807, 2.05) is 36.4 Å². The van der Waals surface area contributed by atoms with Crippen LogP contribution in [0.25, 0.3) is 5.76 Å². The van der Waals surface area contributed by atoms with Gasteiger partial charge in [-0.2, -0.15) is 0 Å². The van der Waals surface area contributed by atoms with Crippen molar-refractivity contribution in [3.8, 4) is 0 Å². The highest BCUT2D eigenvalue weighted by Gasteiger charge is 2.46. The van der Waals surface area contributed by atoms with Crippen molar-refractivity contribution in [2.24, 2.45) is 0 Å². The zero-order valence-corrected chi connectivity index (χ0v) is 16.1. The lowest BCUT2D eigenvalue weighted by atomic mass is 9.95. The van der Waals surface area contributed by atoms with Crippen molar-refractivity contribution < 1.29 is 14.7 Å². The molecule has 0 radical (unpaired) electrons. The molecule has 0 saturated carbocycles. The van der Waals surface area contributed by atoms with Gasteiger partial charge in [0.15, 0.2) is 0 Å². The number of Topliss-reactive ketones (excluding diaryl/α,β-unsaturated/α-hetero) is 1. The van der Waals surface area contributed by atoms with Crippen molar-refractivity contribution in [1.29, 1.82) is 0 Å². The monoisotopic (exact) mass is 404 g/mol. The van der Waals surface area contributed by atoms with Crippen LogP contribution in [0.2, 0.25) is 5.02 Å². The topological polar surface area (TPSA) is 70.5 Å². The Morgan fingerprint density at radius 3 is 2.52 bits per heavy atom. The molecule has 29 heavy (non-hydrogen) atoms. The van der Waals surface area contributed by atoms with Gasteiger partial charge in [0.1, 0.15) is 5.76 Å². The summed E-state index contributed by atoms with van der Waals surface area (Å²) in [6, 6.07) is 18.7. The number of hydrogen-bond donors (Lipinski definition) is 1. The lowest BCUT2D eigenvalue weighted by Gasteiger charge is -2.25. The molecule has 0 bridgehead atoms. The number of likely N-dealkylation sites (tertiary alicyclic amines) is 1. The number of rotatable bonds is 4. The molecule has 2 aromatic carbocycles. The first-order valence-corrected chi connectivity index (χ1v) is 9.42. The molecule has 1 saturated heterocycles. The number of aliphatic hydroxyl groups excluding tert-OH is 1. The van der Waals surface area contributed by atoms with Crippen LogP contribution in [0, 0.1) is 0 Å². The minimum atomic E-state index is -0.722. The SMILES string of the molecule is O=C1C(=O)N(Cc2cccnc2)C(c2ccccc2)/C1=C(/O)c1cccc(Cl)c1. The third-order valence-electron chi connectivity index (χ3n) is 4.83. The van der Waals surface area contributed by atoms with E-state index in [1.54, 1.807) is 42.7 Å². The van der Waals surface area contributed by atoms with Crippen molar-refractivity contribution >= 4 is 29.1 Å². The molecule has 1 N–H and O–H groups in total. The normalized spacial score (nSPS) is 18.2. The van der Waals surface area contributed by atoms with Crippen LogP contribution >= 0.6 is 11.6 Å². The number of ketones is 1. The number of aromatic nitrogens is 1. The van der Waals surface area contributed by atoms with Gasteiger partial charge >= 0.3 is 0 Å². The molecule has 1 unspecified atom stereocenters. The van der Waals surface area contributed by atoms with Crippen LogP contribution in [0.1, 0.15) is 22.7 Å². The van der Waals surface area contributed by atoms with Crippen molar-refractivity contribution in [1.82, 2.24) is 9.88 Å². The Morgan fingerprint density at radius 2 is 1.83 bits per heavy atom. The van der Waals surface area contributed by atoms with E-state index in [-0.39, 0.29) is 17.9 Å². The van der Waals surface area contributed by atoms with Gasteiger partial charge < -0.3 is 10.0 Å². The summed E-state index contributed by atoms with van der Waals surface area (Å²) in [5.74, 6) is -1.63. The number of halogens is 1. The van der Waals surface area contributed by atoms with Crippen molar-refractivity contribution in [2.45, 2.75) is 12.6 Å². The molecular weight excluding hydrogens is 388 g/mol. The van der Waals surface area contributed by atoms with Crippen LogP contribution < -0.4 is 0 Å². The van der Waals surface area contributed by atoms with E-state index in [2.05, 4.69) is 4.98 Å². The zero-order chi connectivity index (χ0) is 20.4. The summed E-state index contributed by atoms with van der Waals surface area (Å²) in [5, 5.41) is 11.4. The lowest BCUT2D eigenvalue weighted by molar-refractivity contribution is -0.140. The molecule has 2 heterocycles. The van der Waals surface area contributed by atoms with E-state index in [1.165, 1.54) is 4.90 Å². The summed E-state index contributed by atoms with van der Waals surface area (Å²) in [6.45, 7) is 0.199. The Labute approximate surface area is 172 Å². The Kier molecular flexibility index (Phi) is 5.14. The molecule has 3 aromatic rings. The third kappa shape index (κ3) is 3.65. The highest BCUT2D eigenvalue weighted by molar-refractivity contribution is 6.46. The fraction of sp³-hybridized carbons (Fsp3) is 0.0870. The Morgan fingerprint density at radius 1 is 1.03 bits per heavy atom. The molecule has 1 amide bonds. The van der Waals surface area contributed by atoms with Gasteiger partial charge in [-0.15, -0.1) is 0 Å². The van der Waals surface area contributed by atoms with Crippen molar-refractivity contribution in [3.63, 3.8) is 0 Å². The molecule has 4 rings (SSSR count). The summed E-state index contributed by atoms with van der Waals surface area (Å²) in [5.41, 5.74) is 1.96. The highest BCUT2D eigenvalue weighted by atomic mass is 35.5. The predicted molar refractivity (Wildman–Crippen MR) is 110 cm³/mol. The molecule has 1 aromatic heterocycles. The first kappa shape index (κ1) is 18.9. The Hall–Kier alpha value is -3.44. The minimum Gasteiger partial charge on any atom is -0.507 e. The van der Waals surface area contributed by atoms with Gasteiger partial charge in [0.05, 0.1) is 11.6 Å². The van der Waals surface area contributed by atoms with Crippen molar-refractivity contribution in [3.05, 3.63) is 106 Å². The fourth-order valence-corrected chi connectivity index (χ4v) is 3.69. The maximum Gasteiger partial charge on any atom is 0.295 e. The number of nitrogens with zero attached hydrogens (tertiary/aromatic N) is 2. The Balaban J connectivity index is 1.86. The number of carbonyl (C=O) groups excluding carboxylic acids is 2. The van der Waals surface area contributed by atoms with E-state index >= 15 is 0 Å². The third-order valence-corrected chi connectivity index (χ3v) is 5.06. The summed E-state index contributed by atoms with van der Waals surface area (Å²) < 4.78 is 0.